The fraction of sp³-hybridized carbons (Fsp3) is 0.294. The molecule has 2 heterocycles. The fourth-order valence-corrected chi connectivity index (χ4v) is 2.54. The van der Waals surface area contributed by atoms with Crippen molar-refractivity contribution in [2.45, 2.75) is 31.2 Å². The SMILES string of the molecule is OC(C(F)c1ccc(-c2ccc(CC(F)(F)F)cc2)cn1)C(F)n1cnnn1. The van der Waals surface area contributed by atoms with Crippen LogP contribution in [0.4, 0.5) is 22.0 Å². The van der Waals surface area contributed by atoms with E-state index in [1.54, 1.807) is 0 Å². The van der Waals surface area contributed by atoms with Gasteiger partial charge in [0.25, 0.3) is 0 Å². The largest absolute Gasteiger partial charge is 0.393 e. The summed E-state index contributed by atoms with van der Waals surface area (Å²) in [5.74, 6) is 0. The first-order chi connectivity index (χ1) is 13.2. The van der Waals surface area contributed by atoms with Crippen LogP contribution in [0.1, 0.15) is 23.7 Å². The van der Waals surface area contributed by atoms with Crippen molar-refractivity contribution in [1.82, 2.24) is 25.2 Å². The fourth-order valence-electron chi connectivity index (χ4n) is 2.54. The second-order valence-corrected chi connectivity index (χ2v) is 6.02. The number of halogens is 5. The quantitative estimate of drug-likeness (QED) is 0.643. The molecule has 6 nitrogen and oxygen atoms in total. The van der Waals surface area contributed by atoms with Crippen LogP contribution in [-0.2, 0) is 6.42 Å². The molecule has 1 aromatic carbocycles. The maximum Gasteiger partial charge on any atom is 0.393 e. The Morgan fingerprint density at radius 2 is 1.68 bits per heavy atom. The number of nitrogens with zero attached hydrogens (tertiary/aromatic N) is 5. The summed E-state index contributed by atoms with van der Waals surface area (Å²) in [7, 11) is 0. The van der Waals surface area contributed by atoms with E-state index in [9.17, 15) is 27.1 Å². The van der Waals surface area contributed by atoms with Crippen molar-refractivity contribution >= 4 is 0 Å². The molecule has 148 valence electrons. The molecule has 3 atom stereocenters. The molecule has 0 fully saturated rings. The smallest absolute Gasteiger partial charge is 0.385 e. The zero-order valence-electron chi connectivity index (χ0n) is 14.1. The molecule has 0 aliphatic heterocycles. The van der Waals surface area contributed by atoms with Gasteiger partial charge in [-0.2, -0.15) is 17.9 Å². The Morgan fingerprint density at radius 3 is 2.21 bits per heavy atom. The summed E-state index contributed by atoms with van der Waals surface area (Å²) in [5.41, 5.74) is 1.02. The van der Waals surface area contributed by atoms with Crippen LogP contribution in [-0.4, -0.2) is 42.6 Å². The molecular weight excluding hydrogens is 385 g/mol. The molecule has 0 bridgehead atoms. The Labute approximate surface area is 155 Å². The van der Waals surface area contributed by atoms with Crippen molar-refractivity contribution < 1.29 is 27.1 Å². The van der Waals surface area contributed by atoms with Gasteiger partial charge in [0.15, 0.2) is 6.17 Å². The lowest BCUT2D eigenvalue weighted by atomic mass is 10.0. The molecule has 28 heavy (non-hydrogen) atoms. The minimum absolute atomic E-state index is 0.115. The van der Waals surface area contributed by atoms with Crippen LogP contribution < -0.4 is 0 Å². The highest BCUT2D eigenvalue weighted by Crippen LogP contribution is 2.29. The molecule has 0 amide bonds. The van der Waals surface area contributed by atoms with Gasteiger partial charge >= 0.3 is 6.18 Å². The number of benzene rings is 1. The second kappa shape index (κ2) is 7.97. The monoisotopic (exact) mass is 399 g/mol. The number of tetrazole rings is 1. The summed E-state index contributed by atoms with van der Waals surface area (Å²) in [6, 6.07) is 8.42. The topological polar surface area (TPSA) is 76.7 Å². The minimum Gasteiger partial charge on any atom is -0.385 e. The van der Waals surface area contributed by atoms with Crippen molar-refractivity contribution in [1.29, 1.82) is 0 Å². The Kier molecular flexibility index (Phi) is 5.63. The molecule has 0 aliphatic carbocycles. The van der Waals surface area contributed by atoms with Crippen molar-refractivity contribution in [3.8, 4) is 11.1 Å². The van der Waals surface area contributed by atoms with Crippen LogP contribution in [0, 0.1) is 0 Å². The molecule has 2 aromatic heterocycles. The Hall–Kier alpha value is -2.95. The van der Waals surface area contributed by atoms with Crippen LogP contribution >= 0.6 is 0 Å². The molecule has 0 spiro atoms. The maximum atomic E-state index is 14.4. The summed E-state index contributed by atoms with van der Waals surface area (Å²) in [5, 5.41) is 19.5. The lowest BCUT2D eigenvalue weighted by molar-refractivity contribution is -0.127. The van der Waals surface area contributed by atoms with E-state index in [0.29, 0.717) is 15.8 Å². The predicted molar refractivity (Wildman–Crippen MR) is 87.2 cm³/mol. The highest BCUT2D eigenvalue weighted by atomic mass is 19.4. The highest BCUT2D eigenvalue weighted by Gasteiger charge is 2.32. The summed E-state index contributed by atoms with van der Waals surface area (Å²) >= 11 is 0. The maximum absolute atomic E-state index is 14.4. The van der Waals surface area contributed by atoms with Crippen molar-refractivity contribution in [3.05, 3.63) is 60.2 Å². The number of hydrogen-bond donors (Lipinski definition) is 1. The van der Waals surface area contributed by atoms with Crippen molar-refractivity contribution in [2.24, 2.45) is 0 Å². The third-order valence-electron chi connectivity index (χ3n) is 3.96. The van der Waals surface area contributed by atoms with Gasteiger partial charge in [0.2, 0.25) is 6.30 Å². The van der Waals surface area contributed by atoms with Gasteiger partial charge < -0.3 is 5.11 Å². The van der Waals surface area contributed by atoms with E-state index in [2.05, 4.69) is 20.5 Å². The van der Waals surface area contributed by atoms with Gasteiger partial charge in [-0.15, -0.1) is 5.10 Å². The van der Waals surface area contributed by atoms with Crippen molar-refractivity contribution in [3.63, 3.8) is 0 Å². The third-order valence-corrected chi connectivity index (χ3v) is 3.96. The number of aliphatic hydroxyl groups excluding tert-OH is 1. The first-order valence-corrected chi connectivity index (χ1v) is 8.05. The minimum atomic E-state index is -4.29. The number of alkyl halides is 5. The average Bonchev–Trinajstić information content (AvgIpc) is 3.20. The molecule has 3 unspecified atom stereocenters. The second-order valence-electron chi connectivity index (χ2n) is 6.02. The predicted octanol–water partition coefficient (Wildman–Crippen LogP) is 3.38. The Balaban J connectivity index is 1.70. The Morgan fingerprint density at radius 1 is 1.00 bits per heavy atom. The molecule has 3 aromatic rings. The average molecular weight is 399 g/mol. The van der Waals surface area contributed by atoms with Gasteiger partial charge in [0.05, 0.1) is 12.1 Å². The lowest BCUT2D eigenvalue weighted by Crippen LogP contribution is -2.26. The number of pyridine rings is 1. The summed E-state index contributed by atoms with van der Waals surface area (Å²) in [4.78, 5) is 3.88. The van der Waals surface area contributed by atoms with Gasteiger partial charge in [-0.1, -0.05) is 30.3 Å². The van der Waals surface area contributed by atoms with Crippen molar-refractivity contribution in [2.75, 3.05) is 0 Å². The van der Waals surface area contributed by atoms with E-state index in [4.69, 9.17) is 0 Å². The van der Waals surface area contributed by atoms with Crippen LogP contribution in [0.25, 0.3) is 11.1 Å². The van der Waals surface area contributed by atoms with Crippen LogP contribution in [0.2, 0.25) is 0 Å². The van der Waals surface area contributed by atoms with E-state index >= 15 is 0 Å². The summed E-state index contributed by atoms with van der Waals surface area (Å²) in [6.45, 7) is 0. The molecular formula is C17H14F5N5O. The molecule has 11 heteroatoms. The van der Waals surface area contributed by atoms with Gasteiger partial charge in [-0.05, 0) is 27.6 Å². The van der Waals surface area contributed by atoms with E-state index < -0.39 is 31.2 Å². The molecule has 1 N–H and O–H groups in total. The number of hydrogen-bond acceptors (Lipinski definition) is 5. The van der Waals surface area contributed by atoms with E-state index in [0.717, 1.165) is 6.33 Å². The van der Waals surface area contributed by atoms with Crippen LogP contribution in [0.3, 0.4) is 0 Å². The van der Waals surface area contributed by atoms with Gasteiger partial charge in [0.1, 0.15) is 12.4 Å². The normalized spacial score (nSPS) is 15.2. The Bertz CT molecular complexity index is 884. The zero-order valence-corrected chi connectivity index (χ0v) is 14.1. The molecule has 3 rings (SSSR count). The van der Waals surface area contributed by atoms with Crippen LogP contribution in [0.5, 0.6) is 0 Å². The first-order valence-electron chi connectivity index (χ1n) is 8.05. The third kappa shape index (κ3) is 4.66. The molecule has 0 saturated heterocycles. The summed E-state index contributed by atoms with van der Waals surface area (Å²) < 4.78 is 66.1. The van der Waals surface area contributed by atoms with E-state index in [1.165, 1.54) is 42.6 Å². The van der Waals surface area contributed by atoms with Gasteiger partial charge in [-0.25, -0.2) is 8.78 Å². The molecule has 0 radical (unpaired) electrons. The molecule has 0 aliphatic rings. The molecule has 0 saturated carbocycles. The first kappa shape index (κ1) is 19.8. The van der Waals surface area contributed by atoms with Gasteiger partial charge in [-0.3, -0.25) is 4.98 Å². The number of aromatic nitrogens is 5. The van der Waals surface area contributed by atoms with E-state index in [-0.39, 0.29) is 11.3 Å². The highest BCUT2D eigenvalue weighted by molar-refractivity contribution is 5.62. The van der Waals surface area contributed by atoms with E-state index in [1.807, 2.05) is 0 Å². The zero-order chi connectivity index (χ0) is 20.3. The lowest BCUT2D eigenvalue weighted by Gasteiger charge is -2.18. The summed E-state index contributed by atoms with van der Waals surface area (Å²) in [6.07, 6.45) is -9.55. The standard InChI is InChI=1S/C17H14F5N5O/c18-14(15(28)16(19)27-9-24-25-26-27)13-6-5-12(8-23-13)11-3-1-10(2-4-11)7-17(20,21)22/h1-6,8-9,14-16,28H,7H2. The number of rotatable bonds is 6. The number of aliphatic hydroxyl groups is 1. The van der Waals surface area contributed by atoms with Gasteiger partial charge in [0, 0.05) is 11.8 Å². The van der Waals surface area contributed by atoms with Crippen LogP contribution in [0.15, 0.2) is 48.9 Å².